The van der Waals surface area contributed by atoms with Gasteiger partial charge in [-0.2, -0.15) is 0 Å². The molecule has 0 radical (unpaired) electrons. The Hall–Kier alpha value is -0.820. The van der Waals surface area contributed by atoms with Crippen LogP contribution in [0.2, 0.25) is 0 Å². The normalized spacial score (nSPS) is 25.8. The summed E-state index contributed by atoms with van der Waals surface area (Å²) in [5.74, 6) is 1.58. The topological polar surface area (TPSA) is 12.0 Å². The molecule has 1 saturated carbocycles. The predicted octanol–water partition coefficient (Wildman–Crippen LogP) is 4.87. The summed E-state index contributed by atoms with van der Waals surface area (Å²) in [6.07, 6.45) is 5.47. The van der Waals surface area contributed by atoms with Crippen LogP contribution in [0.1, 0.15) is 70.4 Å². The molecule has 1 aromatic carbocycles. The summed E-state index contributed by atoms with van der Waals surface area (Å²) in [7, 11) is 0. The lowest BCUT2D eigenvalue weighted by molar-refractivity contribution is 0.129. The number of likely N-dealkylation sites (N-methyl/N-ethyl adjacent to an activating group) is 1. The monoisotopic (exact) mass is 273 g/mol. The Labute approximate surface area is 125 Å². The second-order valence-corrected chi connectivity index (χ2v) is 6.90. The van der Waals surface area contributed by atoms with E-state index in [1.807, 2.05) is 0 Å². The van der Waals surface area contributed by atoms with Crippen LogP contribution < -0.4 is 5.32 Å². The maximum Gasteiger partial charge on any atom is 0.00830 e. The number of hydrogen-bond donors (Lipinski definition) is 1. The van der Waals surface area contributed by atoms with Crippen molar-refractivity contribution in [3.05, 3.63) is 35.4 Å². The van der Waals surface area contributed by atoms with E-state index in [2.05, 4.69) is 57.3 Å². The van der Waals surface area contributed by atoms with Gasteiger partial charge in [0.1, 0.15) is 0 Å². The van der Waals surface area contributed by atoms with Crippen LogP contribution in [-0.4, -0.2) is 13.1 Å². The number of benzene rings is 1. The van der Waals surface area contributed by atoms with Crippen molar-refractivity contribution in [2.45, 2.75) is 64.7 Å². The van der Waals surface area contributed by atoms with Gasteiger partial charge in [-0.25, -0.2) is 0 Å². The maximum atomic E-state index is 3.59. The van der Waals surface area contributed by atoms with Crippen molar-refractivity contribution in [2.75, 3.05) is 13.1 Å². The molecule has 0 unspecified atom stereocenters. The van der Waals surface area contributed by atoms with Gasteiger partial charge in [0.2, 0.25) is 0 Å². The van der Waals surface area contributed by atoms with Gasteiger partial charge >= 0.3 is 0 Å². The van der Waals surface area contributed by atoms with E-state index in [-0.39, 0.29) is 0 Å². The van der Waals surface area contributed by atoms with Crippen molar-refractivity contribution in [1.29, 1.82) is 0 Å². The van der Waals surface area contributed by atoms with Gasteiger partial charge in [0, 0.05) is 12.0 Å². The lowest BCUT2D eigenvalue weighted by Gasteiger charge is -2.49. The van der Waals surface area contributed by atoms with Crippen molar-refractivity contribution >= 4 is 0 Å². The fourth-order valence-electron chi connectivity index (χ4n) is 3.73. The van der Waals surface area contributed by atoms with Crippen LogP contribution >= 0.6 is 0 Å². The van der Waals surface area contributed by atoms with Crippen molar-refractivity contribution in [3.63, 3.8) is 0 Å². The molecule has 1 nitrogen and oxygen atoms in total. The van der Waals surface area contributed by atoms with E-state index in [0.717, 1.165) is 19.0 Å². The summed E-state index contributed by atoms with van der Waals surface area (Å²) in [6, 6.07) is 9.44. The second-order valence-electron chi connectivity index (χ2n) is 6.90. The summed E-state index contributed by atoms with van der Waals surface area (Å²) < 4.78 is 0. The summed E-state index contributed by atoms with van der Waals surface area (Å²) >= 11 is 0. The van der Waals surface area contributed by atoms with Crippen LogP contribution in [0.3, 0.4) is 0 Å². The van der Waals surface area contributed by atoms with E-state index in [0.29, 0.717) is 11.3 Å². The quantitative estimate of drug-likeness (QED) is 0.747. The molecule has 0 aromatic heterocycles. The Kier molecular flexibility index (Phi) is 5.26. The van der Waals surface area contributed by atoms with Crippen LogP contribution in [0.4, 0.5) is 0 Å². The molecule has 1 aliphatic carbocycles. The highest BCUT2D eigenvalue weighted by molar-refractivity contribution is 5.33. The smallest absolute Gasteiger partial charge is 0.00830 e. The van der Waals surface area contributed by atoms with Crippen molar-refractivity contribution in [3.8, 4) is 0 Å². The molecule has 20 heavy (non-hydrogen) atoms. The van der Waals surface area contributed by atoms with Gasteiger partial charge in [0.05, 0.1) is 0 Å². The molecule has 2 rings (SSSR count). The first-order chi connectivity index (χ1) is 9.61. The second kappa shape index (κ2) is 6.76. The number of hydrogen-bond acceptors (Lipinski definition) is 1. The Morgan fingerprint density at radius 3 is 2.30 bits per heavy atom. The molecule has 112 valence electrons. The number of nitrogens with one attached hydrogen (secondary N) is 1. The molecule has 1 fully saturated rings. The molecule has 1 aliphatic rings. The van der Waals surface area contributed by atoms with E-state index in [4.69, 9.17) is 0 Å². The van der Waals surface area contributed by atoms with Gasteiger partial charge in [-0.1, -0.05) is 64.8 Å². The molecule has 0 heterocycles. The zero-order chi connectivity index (χ0) is 14.6. The van der Waals surface area contributed by atoms with Crippen LogP contribution in [-0.2, 0) is 5.41 Å². The molecule has 0 saturated heterocycles. The van der Waals surface area contributed by atoms with E-state index in [1.165, 1.54) is 31.2 Å². The Morgan fingerprint density at radius 1 is 1.15 bits per heavy atom. The highest BCUT2D eigenvalue weighted by Crippen LogP contribution is 2.49. The van der Waals surface area contributed by atoms with Gasteiger partial charge in [0.15, 0.2) is 0 Å². The van der Waals surface area contributed by atoms with Crippen molar-refractivity contribution in [1.82, 2.24) is 5.32 Å². The van der Waals surface area contributed by atoms with Crippen molar-refractivity contribution < 1.29 is 0 Å². The molecule has 1 heteroatoms. The van der Waals surface area contributed by atoms with Gasteiger partial charge in [0.25, 0.3) is 0 Å². The van der Waals surface area contributed by atoms with Gasteiger partial charge in [-0.05, 0) is 42.3 Å². The minimum absolute atomic E-state index is 0.408. The molecular weight excluding hydrogens is 242 g/mol. The SMILES string of the molecule is CCCC1CC(CNCC)(c2ccc(C(C)C)cc2)C1. The highest BCUT2D eigenvalue weighted by atomic mass is 14.9. The van der Waals surface area contributed by atoms with Crippen LogP contribution in [0, 0.1) is 5.92 Å². The van der Waals surface area contributed by atoms with E-state index >= 15 is 0 Å². The zero-order valence-corrected chi connectivity index (χ0v) is 13.7. The first-order valence-corrected chi connectivity index (χ1v) is 8.42. The van der Waals surface area contributed by atoms with Crippen molar-refractivity contribution in [2.24, 2.45) is 5.92 Å². The average molecular weight is 273 g/mol. The minimum Gasteiger partial charge on any atom is -0.316 e. The standard InChI is InChI=1S/C19H31N/c1-5-7-16-12-19(13-16,14-20-6-2)18-10-8-17(9-11-18)15(3)4/h8-11,15-16,20H,5-7,12-14H2,1-4H3. The third-order valence-corrected chi connectivity index (χ3v) is 4.96. The van der Waals surface area contributed by atoms with Gasteiger partial charge in [-0.15, -0.1) is 0 Å². The molecule has 1 aromatic rings. The molecule has 0 atom stereocenters. The van der Waals surface area contributed by atoms with Crippen LogP contribution in [0.5, 0.6) is 0 Å². The predicted molar refractivity (Wildman–Crippen MR) is 88.4 cm³/mol. The lowest BCUT2D eigenvalue weighted by atomic mass is 9.57. The third-order valence-electron chi connectivity index (χ3n) is 4.96. The molecule has 0 bridgehead atoms. The van der Waals surface area contributed by atoms with Crippen LogP contribution in [0.25, 0.3) is 0 Å². The Morgan fingerprint density at radius 2 is 1.80 bits per heavy atom. The summed E-state index contributed by atoms with van der Waals surface area (Å²) in [5, 5.41) is 3.59. The van der Waals surface area contributed by atoms with E-state index in [9.17, 15) is 0 Å². The number of rotatable bonds is 7. The minimum atomic E-state index is 0.408. The molecule has 0 spiro atoms. The molecule has 1 N–H and O–H groups in total. The van der Waals surface area contributed by atoms with Gasteiger partial charge < -0.3 is 5.32 Å². The lowest BCUT2D eigenvalue weighted by Crippen LogP contribution is -2.48. The zero-order valence-electron chi connectivity index (χ0n) is 13.7. The molecule has 0 amide bonds. The summed E-state index contributed by atoms with van der Waals surface area (Å²) in [4.78, 5) is 0. The Bertz CT molecular complexity index is 398. The molecule has 0 aliphatic heterocycles. The fourth-order valence-corrected chi connectivity index (χ4v) is 3.73. The average Bonchev–Trinajstić information content (AvgIpc) is 2.41. The summed E-state index contributed by atoms with van der Waals surface area (Å²) in [6.45, 7) is 11.3. The first-order valence-electron chi connectivity index (χ1n) is 8.42. The highest BCUT2D eigenvalue weighted by Gasteiger charge is 2.44. The maximum absolute atomic E-state index is 3.59. The largest absolute Gasteiger partial charge is 0.316 e. The Balaban J connectivity index is 2.11. The van der Waals surface area contributed by atoms with E-state index < -0.39 is 0 Å². The van der Waals surface area contributed by atoms with E-state index in [1.54, 1.807) is 5.56 Å². The fraction of sp³-hybridized carbons (Fsp3) is 0.684. The van der Waals surface area contributed by atoms with Gasteiger partial charge in [-0.3, -0.25) is 0 Å². The van der Waals surface area contributed by atoms with Crippen LogP contribution in [0.15, 0.2) is 24.3 Å². The first kappa shape index (κ1) is 15.6. The molecular formula is C19H31N. The summed E-state index contributed by atoms with van der Waals surface area (Å²) in [5.41, 5.74) is 3.41. The third kappa shape index (κ3) is 3.25.